The Morgan fingerprint density at radius 2 is 2.36 bits per heavy atom. The Hall–Kier alpha value is -0.690. The second-order valence-corrected chi connectivity index (χ2v) is 4.44. The van der Waals surface area contributed by atoms with Crippen LogP contribution in [0.15, 0.2) is 12.4 Å². The Morgan fingerprint density at radius 1 is 1.57 bits per heavy atom. The van der Waals surface area contributed by atoms with Crippen molar-refractivity contribution >= 4 is 33.6 Å². The summed E-state index contributed by atoms with van der Waals surface area (Å²) in [5.74, 6) is 1.20. The van der Waals surface area contributed by atoms with Crippen LogP contribution >= 0.6 is 22.6 Å². The molecule has 2 rings (SSSR count). The number of fused-ring (bicyclic) bond motifs is 1. The Bertz CT molecular complexity index is 451. The average Bonchev–Trinajstić information content (AvgIpc) is 2.62. The minimum absolute atomic E-state index is 0.262. The molecule has 14 heavy (non-hydrogen) atoms. The fourth-order valence-electron chi connectivity index (χ4n) is 1.26. The third-order valence-electron chi connectivity index (χ3n) is 2.19. The summed E-state index contributed by atoms with van der Waals surface area (Å²) in [5, 5.41) is 0. The molecule has 0 spiro atoms. The maximum atomic E-state index is 5.59. The minimum Gasteiger partial charge on any atom is -0.340 e. The number of rotatable bonds is 2. The van der Waals surface area contributed by atoms with E-state index in [1.807, 2.05) is 0 Å². The third kappa shape index (κ3) is 1.61. The molecule has 1 unspecified atom stereocenters. The number of aromatic nitrogens is 3. The molecule has 0 radical (unpaired) electrons. The molecule has 0 saturated carbocycles. The average molecular weight is 302 g/mol. The molecule has 0 bridgehead atoms. The summed E-state index contributed by atoms with van der Waals surface area (Å²) in [6.07, 6.45) is 3.60. The van der Waals surface area contributed by atoms with Crippen LogP contribution < -0.4 is 5.73 Å². The van der Waals surface area contributed by atoms with Gasteiger partial charge in [-0.25, -0.2) is 4.98 Å². The predicted molar refractivity (Wildman–Crippen MR) is 64.1 cm³/mol. The van der Waals surface area contributed by atoms with Gasteiger partial charge in [-0.1, -0.05) is 6.92 Å². The summed E-state index contributed by atoms with van der Waals surface area (Å²) in [6, 6.07) is 0. The van der Waals surface area contributed by atoms with Crippen molar-refractivity contribution in [1.82, 2.24) is 15.0 Å². The van der Waals surface area contributed by atoms with Crippen LogP contribution in [0.5, 0.6) is 0 Å². The number of halogens is 1. The highest BCUT2D eigenvalue weighted by atomic mass is 127. The van der Waals surface area contributed by atoms with Crippen molar-refractivity contribution in [3.8, 4) is 0 Å². The standard InChI is InChI=1S/C9H11IN4/c1-5(2-11)9-13-7-4-12-3-6(10)8(7)14-9/h3-5H,2,11H2,1H3,(H,13,14). The first-order chi connectivity index (χ1) is 6.72. The Morgan fingerprint density at radius 3 is 3.00 bits per heavy atom. The van der Waals surface area contributed by atoms with Gasteiger partial charge < -0.3 is 10.7 Å². The van der Waals surface area contributed by atoms with Crippen molar-refractivity contribution in [2.75, 3.05) is 6.54 Å². The van der Waals surface area contributed by atoms with Gasteiger partial charge in [0.1, 0.15) is 11.3 Å². The van der Waals surface area contributed by atoms with Crippen LogP contribution in [0, 0.1) is 3.57 Å². The molecule has 1 atom stereocenters. The van der Waals surface area contributed by atoms with Crippen LogP contribution in [0.4, 0.5) is 0 Å². The highest BCUT2D eigenvalue weighted by Crippen LogP contribution is 2.19. The van der Waals surface area contributed by atoms with E-state index < -0.39 is 0 Å². The fourth-order valence-corrected chi connectivity index (χ4v) is 1.84. The van der Waals surface area contributed by atoms with Gasteiger partial charge in [-0.05, 0) is 22.6 Å². The van der Waals surface area contributed by atoms with Gasteiger partial charge in [-0.2, -0.15) is 0 Å². The second-order valence-electron chi connectivity index (χ2n) is 3.28. The number of nitrogens with two attached hydrogens (primary N) is 1. The van der Waals surface area contributed by atoms with Gasteiger partial charge in [0.15, 0.2) is 0 Å². The van der Waals surface area contributed by atoms with Crippen molar-refractivity contribution in [3.63, 3.8) is 0 Å². The normalized spacial score (nSPS) is 13.4. The highest BCUT2D eigenvalue weighted by Gasteiger charge is 2.10. The SMILES string of the molecule is CC(CN)c1nc2c(I)cncc2[nH]1. The summed E-state index contributed by atoms with van der Waals surface area (Å²) in [5.41, 5.74) is 7.55. The number of nitrogens with one attached hydrogen (secondary N) is 1. The molecule has 74 valence electrons. The van der Waals surface area contributed by atoms with E-state index in [1.54, 1.807) is 12.4 Å². The van der Waals surface area contributed by atoms with Gasteiger partial charge >= 0.3 is 0 Å². The van der Waals surface area contributed by atoms with E-state index in [9.17, 15) is 0 Å². The van der Waals surface area contributed by atoms with E-state index in [0.717, 1.165) is 20.4 Å². The van der Waals surface area contributed by atoms with E-state index in [4.69, 9.17) is 5.73 Å². The number of nitrogens with zero attached hydrogens (tertiary/aromatic N) is 2. The highest BCUT2D eigenvalue weighted by molar-refractivity contribution is 14.1. The number of pyridine rings is 1. The Kier molecular flexibility index (Phi) is 2.69. The van der Waals surface area contributed by atoms with Gasteiger partial charge in [0.25, 0.3) is 0 Å². The van der Waals surface area contributed by atoms with Crippen LogP contribution in [-0.2, 0) is 0 Å². The minimum atomic E-state index is 0.262. The van der Waals surface area contributed by atoms with Crippen LogP contribution in [0.3, 0.4) is 0 Å². The van der Waals surface area contributed by atoms with Gasteiger partial charge in [0, 0.05) is 18.7 Å². The topological polar surface area (TPSA) is 67.6 Å². The molecule has 0 aliphatic heterocycles. The Balaban J connectivity index is 2.56. The van der Waals surface area contributed by atoms with E-state index >= 15 is 0 Å². The van der Waals surface area contributed by atoms with Crippen molar-refractivity contribution in [3.05, 3.63) is 21.8 Å². The van der Waals surface area contributed by atoms with Crippen LogP contribution in [0.25, 0.3) is 11.0 Å². The number of imidazole rings is 1. The van der Waals surface area contributed by atoms with Crippen LogP contribution in [0.2, 0.25) is 0 Å². The van der Waals surface area contributed by atoms with Crippen molar-refractivity contribution in [2.24, 2.45) is 5.73 Å². The lowest BCUT2D eigenvalue weighted by molar-refractivity contribution is 0.727. The number of H-pyrrole nitrogens is 1. The van der Waals surface area contributed by atoms with E-state index in [-0.39, 0.29) is 5.92 Å². The van der Waals surface area contributed by atoms with Crippen molar-refractivity contribution < 1.29 is 0 Å². The van der Waals surface area contributed by atoms with Crippen molar-refractivity contribution in [1.29, 1.82) is 0 Å². The molecule has 3 N–H and O–H groups in total. The monoisotopic (exact) mass is 302 g/mol. The zero-order valence-electron chi connectivity index (χ0n) is 7.79. The number of hydrogen-bond donors (Lipinski definition) is 2. The van der Waals surface area contributed by atoms with Gasteiger partial charge in [0.05, 0.1) is 15.3 Å². The molecule has 2 aromatic rings. The largest absolute Gasteiger partial charge is 0.340 e. The molecule has 4 nitrogen and oxygen atoms in total. The maximum absolute atomic E-state index is 5.59. The molecule has 0 saturated heterocycles. The molecule has 2 aromatic heterocycles. The summed E-state index contributed by atoms with van der Waals surface area (Å²) in [7, 11) is 0. The fraction of sp³-hybridized carbons (Fsp3) is 0.333. The molecule has 0 aliphatic carbocycles. The lowest BCUT2D eigenvalue weighted by Crippen LogP contribution is -2.10. The molecular weight excluding hydrogens is 291 g/mol. The lowest BCUT2D eigenvalue weighted by Gasteiger charge is -2.01. The van der Waals surface area contributed by atoms with Crippen LogP contribution in [0.1, 0.15) is 18.7 Å². The van der Waals surface area contributed by atoms with Gasteiger partial charge in [-0.15, -0.1) is 0 Å². The summed E-state index contributed by atoms with van der Waals surface area (Å²) in [6.45, 7) is 2.65. The van der Waals surface area contributed by atoms with Crippen molar-refractivity contribution in [2.45, 2.75) is 12.8 Å². The number of hydrogen-bond acceptors (Lipinski definition) is 3. The molecule has 0 aliphatic rings. The summed E-state index contributed by atoms with van der Waals surface area (Å²) >= 11 is 2.23. The smallest absolute Gasteiger partial charge is 0.111 e. The van der Waals surface area contributed by atoms with Gasteiger partial charge in [0.2, 0.25) is 0 Å². The van der Waals surface area contributed by atoms with Gasteiger partial charge in [-0.3, -0.25) is 4.98 Å². The van der Waals surface area contributed by atoms with Crippen LogP contribution in [-0.4, -0.2) is 21.5 Å². The summed E-state index contributed by atoms with van der Waals surface area (Å²) < 4.78 is 1.06. The molecule has 5 heteroatoms. The second kappa shape index (κ2) is 3.82. The molecule has 0 amide bonds. The maximum Gasteiger partial charge on any atom is 0.111 e. The first-order valence-electron chi connectivity index (χ1n) is 4.41. The lowest BCUT2D eigenvalue weighted by atomic mass is 10.2. The zero-order valence-corrected chi connectivity index (χ0v) is 9.95. The molecular formula is C9H11IN4. The molecule has 2 heterocycles. The van der Waals surface area contributed by atoms with E-state index in [1.165, 1.54) is 0 Å². The third-order valence-corrected chi connectivity index (χ3v) is 2.98. The number of aromatic amines is 1. The first kappa shape index (κ1) is 9.85. The summed E-state index contributed by atoms with van der Waals surface area (Å²) in [4.78, 5) is 11.8. The molecule has 0 fully saturated rings. The predicted octanol–water partition coefficient (Wildman–Crippen LogP) is 1.62. The quantitative estimate of drug-likeness (QED) is 0.829. The zero-order chi connectivity index (χ0) is 10.1. The Labute approximate surface area is 95.5 Å². The van der Waals surface area contributed by atoms with E-state index in [0.29, 0.717) is 6.54 Å². The molecule has 0 aromatic carbocycles. The van der Waals surface area contributed by atoms with E-state index in [2.05, 4.69) is 44.5 Å². The first-order valence-corrected chi connectivity index (χ1v) is 5.49.